The van der Waals surface area contributed by atoms with E-state index < -0.39 is 0 Å². The number of anilines is 1. The van der Waals surface area contributed by atoms with E-state index in [1.807, 2.05) is 18.3 Å². The number of likely N-dealkylation sites (tertiary alicyclic amines) is 1. The number of benzene rings is 1. The maximum Gasteiger partial charge on any atom is 0.156 e. The van der Waals surface area contributed by atoms with Crippen LogP contribution in [0.1, 0.15) is 35.4 Å². The number of fused-ring (bicyclic) bond motifs is 1. The number of piperidine rings is 1. The summed E-state index contributed by atoms with van der Waals surface area (Å²) < 4.78 is 1.04. The lowest BCUT2D eigenvalue weighted by molar-refractivity contribution is 0.233. The highest BCUT2D eigenvalue weighted by molar-refractivity contribution is 14.1. The number of aromatic nitrogens is 2. The number of nitrogens with one attached hydrogen (secondary N) is 2. The van der Waals surface area contributed by atoms with Crippen molar-refractivity contribution >= 4 is 41.2 Å². The minimum absolute atomic E-state index is 0.198. The molecule has 0 saturated carbocycles. The Balaban J connectivity index is 1.84. The SMILES string of the molecule is CBc1c(C#N)cccc1C1C(C#N)=C(C2CCN(CI)CC2)Nc2n[nH]cc21. The smallest absolute Gasteiger partial charge is 0.156 e. The Morgan fingerprint density at radius 1 is 1.24 bits per heavy atom. The summed E-state index contributed by atoms with van der Waals surface area (Å²) in [6, 6.07) is 10.7. The average Bonchev–Trinajstić information content (AvgIpc) is 3.25. The molecule has 1 aromatic heterocycles. The van der Waals surface area contributed by atoms with Crippen molar-refractivity contribution in [3.05, 3.63) is 52.4 Å². The van der Waals surface area contributed by atoms with Gasteiger partial charge in [0.05, 0.1) is 28.2 Å². The molecule has 2 aliphatic heterocycles. The van der Waals surface area contributed by atoms with Crippen molar-refractivity contribution in [3.63, 3.8) is 0 Å². The summed E-state index contributed by atoms with van der Waals surface area (Å²) in [5, 5.41) is 30.7. The molecule has 0 aliphatic carbocycles. The van der Waals surface area contributed by atoms with Crippen molar-refractivity contribution in [2.75, 3.05) is 23.0 Å². The zero-order valence-corrected chi connectivity index (χ0v) is 18.5. The van der Waals surface area contributed by atoms with Crippen LogP contribution in [0, 0.1) is 28.6 Å². The predicted octanol–water partition coefficient (Wildman–Crippen LogP) is 2.83. The largest absolute Gasteiger partial charge is 0.341 e. The van der Waals surface area contributed by atoms with Crippen LogP contribution in [0.3, 0.4) is 0 Å². The molecule has 0 spiro atoms. The summed E-state index contributed by atoms with van der Waals surface area (Å²) in [6.07, 6.45) is 3.93. The van der Waals surface area contributed by atoms with Crippen molar-refractivity contribution in [1.82, 2.24) is 15.1 Å². The van der Waals surface area contributed by atoms with Crippen LogP contribution in [-0.4, -0.2) is 40.0 Å². The molecule has 29 heavy (non-hydrogen) atoms. The van der Waals surface area contributed by atoms with E-state index in [1.165, 1.54) is 0 Å². The first-order valence-corrected chi connectivity index (χ1v) is 11.5. The van der Waals surface area contributed by atoms with Crippen LogP contribution < -0.4 is 10.8 Å². The van der Waals surface area contributed by atoms with Gasteiger partial charge in [0.25, 0.3) is 0 Å². The number of hydrogen-bond acceptors (Lipinski definition) is 5. The lowest BCUT2D eigenvalue weighted by atomic mass is 9.64. The molecule has 1 unspecified atom stereocenters. The lowest BCUT2D eigenvalue weighted by Crippen LogP contribution is -2.36. The van der Waals surface area contributed by atoms with Crippen LogP contribution in [-0.2, 0) is 0 Å². The lowest BCUT2D eigenvalue weighted by Gasteiger charge is -2.36. The predicted molar refractivity (Wildman–Crippen MR) is 124 cm³/mol. The molecule has 0 amide bonds. The minimum Gasteiger partial charge on any atom is -0.341 e. The Morgan fingerprint density at radius 3 is 2.69 bits per heavy atom. The molecular weight excluding hydrogens is 474 g/mol. The van der Waals surface area contributed by atoms with E-state index in [4.69, 9.17) is 0 Å². The second-order valence-corrected chi connectivity index (χ2v) is 8.22. The maximum absolute atomic E-state index is 10.2. The molecule has 1 aromatic carbocycles. The van der Waals surface area contributed by atoms with Crippen LogP contribution in [0.15, 0.2) is 35.7 Å². The summed E-state index contributed by atoms with van der Waals surface area (Å²) >= 11 is 2.41. The van der Waals surface area contributed by atoms with Gasteiger partial charge in [0.2, 0.25) is 0 Å². The summed E-state index contributed by atoms with van der Waals surface area (Å²) in [6.45, 7) is 4.15. The average molecular weight is 496 g/mol. The summed E-state index contributed by atoms with van der Waals surface area (Å²) in [5.41, 5.74) is 5.48. The summed E-state index contributed by atoms with van der Waals surface area (Å²) in [4.78, 5) is 2.44. The van der Waals surface area contributed by atoms with Gasteiger partial charge in [-0.1, -0.05) is 47.0 Å². The molecule has 0 bridgehead atoms. The highest BCUT2D eigenvalue weighted by Crippen LogP contribution is 2.43. The number of allylic oxidation sites excluding steroid dienone is 2. The van der Waals surface area contributed by atoms with Gasteiger partial charge in [-0.25, -0.2) is 0 Å². The van der Waals surface area contributed by atoms with Crippen molar-refractivity contribution in [3.8, 4) is 12.1 Å². The van der Waals surface area contributed by atoms with E-state index in [2.05, 4.69) is 68.0 Å². The second-order valence-electron chi connectivity index (χ2n) is 7.54. The second kappa shape index (κ2) is 8.60. The molecule has 146 valence electrons. The third kappa shape index (κ3) is 3.56. The van der Waals surface area contributed by atoms with Crippen LogP contribution >= 0.6 is 22.6 Å². The van der Waals surface area contributed by atoms with Crippen LogP contribution in [0.5, 0.6) is 0 Å². The topological polar surface area (TPSA) is 91.5 Å². The molecule has 2 N–H and O–H groups in total. The van der Waals surface area contributed by atoms with E-state index >= 15 is 0 Å². The fourth-order valence-electron chi connectivity index (χ4n) is 4.61. The van der Waals surface area contributed by atoms with E-state index in [9.17, 15) is 10.5 Å². The molecule has 1 atom stereocenters. The number of aromatic amines is 1. The highest BCUT2D eigenvalue weighted by atomic mass is 127. The first kappa shape index (κ1) is 20.0. The quantitative estimate of drug-likeness (QED) is 0.294. The van der Waals surface area contributed by atoms with Gasteiger partial charge in [0.1, 0.15) is 0 Å². The van der Waals surface area contributed by atoms with Gasteiger partial charge in [-0.15, -0.1) is 0 Å². The van der Waals surface area contributed by atoms with Gasteiger partial charge < -0.3 is 5.32 Å². The molecule has 6 nitrogen and oxygen atoms in total. The van der Waals surface area contributed by atoms with E-state index in [0.717, 1.165) is 71.4 Å². The van der Waals surface area contributed by atoms with Crippen molar-refractivity contribution in [2.45, 2.75) is 25.6 Å². The molecule has 3 heterocycles. The van der Waals surface area contributed by atoms with E-state index in [1.54, 1.807) is 0 Å². The van der Waals surface area contributed by atoms with Crippen LogP contribution in [0.2, 0.25) is 6.82 Å². The van der Waals surface area contributed by atoms with Gasteiger partial charge in [0, 0.05) is 28.9 Å². The third-order valence-electron chi connectivity index (χ3n) is 6.10. The highest BCUT2D eigenvalue weighted by Gasteiger charge is 2.36. The first-order valence-electron chi connectivity index (χ1n) is 9.96. The Labute approximate surface area is 185 Å². The van der Waals surface area contributed by atoms with Crippen LogP contribution in [0.4, 0.5) is 5.82 Å². The molecule has 1 fully saturated rings. The Hall–Kier alpha value is -2.30. The molecule has 2 aromatic rings. The monoisotopic (exact) mass is 496 g/mol. The van der Waals surface area contributed by atoms with Crippen molar-refractivity contribution in [1.29, 1.82) is 10.5 Å². The number of rotatable bonds is 4. The minimum atomic E-state index is -0.198. The molecule has 8 heteroatoms. The molecule has 4 rings (SSSR count). The summed E-state index contributed by atoms with van der Waals surface area (Å²) in [7, 11) is 0.748. The van der Waals surface area contributed by atoms with Gasteiger partial charge in [-0.3, -0.25) is 10.00 Å². The van der Waals surface area contributed by atoms with Gasteiger partial charge in [-0.05, 0) is 37.6 Å². The third-order valence-corrected chi connectivity index (χ3v) is 7.06. The number of H-pyrrole nitrogens is 1. The van der Waals surface area contributed by atoms with Gasteiger partial charge >= 0.3 is 0 Å². The number of halogens is 1. The van der Waals surface area contributed by atoms with Crippen molar-refractivity contribution in [2.24, 2.45) is 5.92 Å². The number of nitrogens with zero attached hydrogens (tertiary/aromatic N) is 4. The van der Waals surface area contributed by atoms with E-state index in [-0.39, 0.29) is 5.92 Å². The zero-order chi connectivity index (χ0) is 20.4. The number of nitriles is 2. The fraction of sp³-hybridized carbons (Fsp3) is 0.381. The molecule has 0 radical (unpaired) electrons. The Morgan fingerprint density at radius 2 is 2.03 bits per heavy atom. The van der Waals surface area contributed by atoms with Crippen molar-refractivity contribution < 1.29 is 0 Å². The Kier molecular flexibility index (Phi) is 5.93. The summed E-state index contributed by atoms with van der Waals surface area (Å²) in [5.74, 6) is 0.918. The van der Waals surface area contributed by atoms with Crippen LogP contribution in [0.25, 0.3) is 0 Å². The Bertz CT molecular complexity index is 1020. The normalized spacial score (nSPS) is 19.8. The first-order chi connectivity index (χ1) is 14.2. The van der Waals surface area contributed by atoms with E-state index in [0.29, 0.717) is 11.5 Å². The molecular formula is C21H22BIN6. The zero-order valence-electron chi connectivity index (χ0n) is 16.4. The standard InChI is InChI=1S/C21H22BIN6/c1-22-19-14(9-24)3-2-4-15(19)18-16(10-25)20(27-21-17(18)11-26-28-21)13-5-7-29(12-23)8-6-13/h2-4,11,13,18,22H,5-8,12H2,1H3,(H2,26,27,28). The fourth-order valence-corrected chi connectivity index (χ4v) is 5.29. The number of alkyl halides is 1. The molecule has 1 saturated heterocycles. The molecule has 2 aliphatic rings. The van der Waals surface area contributed by atoms with Gasteiger partial charge in [0.15, 0.2) is 13.1 Å². The maximum atomic E-state index is 10.2. The number of hydrogen-bond donors (Lipinski definition) is 2. The van der Waals surface area contributed by atoms with Gasteiger partial charge in [-0.2, -0.15) is 15.6 Å².